The number of hydrogen-bond donors (Lipinski definition) is 2. The summed E-state index contributed by atoms with van der Waals surface area (Å²) in [4.78, 5) is 21.3. The van der Waals surface area contributed by atoms with Gasteiger partial charge in [0.25, 0.3) is 5.91 Å². The highest BCUT2D eigenvalue weighted by molar-refractivity contribution is 6.03. The van der Waals surface area contributed by atoms with Crippen LogP contribution in [-0.4, -0.2) is 22.5 Å². The van der Waals surface area contributed by atoms with Crippen molar-refractivity contribution >= 4 is 23.2 Å². The summed E-state index contributed by atoms with van der Waals surface area (Å²) in [5.41, 5.74) is 3.71. The second-order valence-corrected chi connectivity index (χ2v) is 6.12. The van der Waals surface area contributed by atoms with Crippen molar-refractivity contribution in [2.24, 2.45) is 0 Å². The molecule has 0 saturated carbocycles. The molecule has 0 aliphatic heterocycles. The molecule has 0 atom stereocenters. The van der Waals surface area contributed by atoms with Crippen LogP contribution in [0.3, 0.4) is 0 Å². The number of hydrogen-bond acceptors (Lipinski definition) is 5. The van der Waals surface area contributed by atoms with Gasteiger partial charge in [0.05, 0.1) is 6.61 Å². The number of benzene rings is 2. The van der Waals surface area contributed by atoms with E-state index < -0.39 is 0 Å². The number of aromatic nitrogens is 2. The Morgan fingerprint density at radius 2 is 1.63 bits per heavy atom. The van der Waals surface area contributed by atoms with Gasteiger partial charge in [0.1, 0.15) is 11.4 Å². The number of aryl methyl sites for hydroxylation is 2. The first-order valence-electron chi connectivity index (χ1n) is 8.77. The molecule has 0 bridgehead atoms. The lowest BCUT2D eigenvalue weighted by atomic mass is 10.2. The van der Waals surface area contributed by atoms with Gasteiger partial charge in [0.15, 0.2) is 0 Å². The Kier molecular flexibility index (Phi) is 5.66. The van der Waals surface area contributed by atoms with Crippen molar-refractivity contribution < 1.29 is 9.53 Å². The summed E-state index contributed by atoms with van der Waals surface area (Å²) < 4.78 is 5.40. The number of anilines is 3. The summed E-state index contributed by atoms with van der Waals surface area (Å²) in [6.07, 6.45) is 0. The van der Waals surface area contributed by atoms with Crippen LogP contribution in [0.2, 0.25) is 0 Å². The van der Waals surface area contributed by atoms with Gasteiger partial charge in [0, 0.05) is 17.1 Å². The summed E-state index contributed by atoms with van der Waals surface area (Å²) in [5, 5.41) is 5.97. The van der Waals surface area contributed by atoms with Gasteiger partial charge in [-0.25, -0.2) is 9.97 Å². The van der Waals surface area contributed by atoms with Gasteiger partial charge >= 0.3 is 0 Å². The molecule has 2 N–H and O–H groups in total. The molecule has 0 aliphatic carbocycles. The van der Waals surface area contributed by atoms with Crippen LogP contribution in [-0.2, 0) is 0 Å². The molecule has 27 heavy (non-hydrogen) atoms. The van der Waals surface area contributed by atoms with Crippen LogP contribution in [0.1, 0.15) is 28.7 Å². The number of carbonyl (C=O) groups excluding carboxylic acids is 1. The molecule has 0 spiro atoms. The maximum Gasteiger partial charge on any atom is 0.274 e. The highest BCUT2D eigenvalue weighted by Gasteiger charge is 2.11. The highest BCUT2D eigenvalue weighted by atomic mass is 16.5. The zero-order chi connectivity index (χ0) is 19.2. The zero-order valence-electron chi connectivity index (χ0n) is 15.6. The normalized spacial score (nSPS) is 10.3. The van der Waals surface area contributed by atoms with Gasteiger partial charge in [-0.2, -0.15) is 0 Å². The first kappa shape index (κ1) is 18.4. The minimum atomic E-state index is -0.295. The number of amides is 1. The van der Waals surface area contributed by atoms with Crippen molar-refractivity contribution in [3.8, 4) is 5.75 Å². The van der Waals surface area contributed by atoms with E-state index in [0.29, 0.717) is 29.6 Å². The Labute approximate surface area is 158 Å². The standard InChI is InChI=1S/C21H22N4O2/c1-4-27-18-11-9-16(10-12-18)23-20(26)19-13-15(3)22-21(25-19)24-17-7-5-14(2)6-8-17/h5-13H,4H2,1-3H3,(H,23,26)(H,22,24,25). The highest BCUT2D eigenvalue weighted by Crippen LogP contribution is 2.18. The van der Waals surface area contributed by atoms with Crippen LogP contribution in [0.25, 0.3) is 0 Å². The quantitative estimate of drug-likeness (QED) is 0.676. The van der Waals surface area contributed by atoms with E-state index in [1.54, 1.807) is 18.2 Å². The Balaban J connectivity index is 1.74. The van der Waals surface area contributed by atoms with Gasteiger partial charge < -0.3 is 15.4 Å². The molecule has 0 unspecified atom stereocenters. The van der Waals surface area contributed by atoms with Crippen LogP contribution >= 0.6 is 0 Å². The second-order valence-electron chi connectivity index (χ2n) is 6.12. The number of nitrogens with zero attached hydrogens (tertiary/aromatic N) is 2. The summed E-state index contributed by atoms with van der Waals surface area (Å²) in [6.45, 7) is 6.38. The van der Waals surface area contributed by atoms with Crippen molar-refractivity contribution in [2.75, 3.05) is 17.2 Å². The van der Waals surface area contributed by atoms with Gasteiger partial charge in [-0.1, -0.05) is 17.7 Å². The van der Waals surface area contributed by atoms with Crippen molar-refractivity contribution in [3.63, 3.8) is 0 Å². The molecule has 2 aromatic carbocycles. The number of ether oxygens (including phenoxy) is 1. The van der Waals surface area contributed by atoms with Crippen molar-refractivity contribution in [3.05, 3.63) is 71.5 Å². The summed E-state index contributed by atoms with van der Waals surface area (Å²) in [6, 6.07) is 16.8. The van der Waals surface area contributed by atoms with E-state index in [1.807, 2.05) is 57.2 Å². The fourth-order valence-corrected chi connectivity index (χ4v) is 2.50. The fourth-order valence-electron chi connectivity index (χ4n) is 2.50. The van der Waals surface area contributed by atoms with Crippen LogP contribution in [0.15, 0.2) is 54.6 Å². The Morgan fingerprint density at radius 1 is 0.963 bits per heavy atom. The van der Waals surface area contributed by atoms with Crippen LogP contribution in [0, 0.1) is 13.8 Å². The SMILES string of the molecule is CCOc1ccc(NC(=O)c2cc(C)nc(Nc3ccc(C)cc3)n2)cc1. The van der Waals surface area contributed by atoms with E-state index in [2.05, 4.69) is 20.6 Å². The maximum absolute atomic E-state index is 12.6. The molecule has 6 heteroatoms. The Bertz CT molecular complexity index is 922. The Morgan fingerprint density at radius 3 is 2.30 bits per heavy atom. The lowest BCUT2D eigenvalue weighted by molar-refractivity contribution is 0.102. The molecule has 0 radical (unpaired) electrons. The predicted octanol–water partition coefficient (Wildman–Crippen LogP) is 4.49. The molecule has 138 valence electrons. The van der Waals surface area contributed by atoms with E-state index in [9.17, 15) is 4.79 Å². The largest absolute Gasteiger partial charge is 0.494 e. The predicted molar refractivity (Wildman–Crippen MR) is 107 cm³/mol. The van der Waals surface area contributed by atoms with Crippen LogP contribution < -0.4 is 15.4 Å². The van der Waals surface area contributed by atoms with Gasteiger partial charge in [-0.15, -0.1) is 0 Å². The monoisotopic (exact) mass is 362 g/mol. The smallest absolute Gasteiger partial charge is 0.274 e. The minimum absolute atomic E-state index is 0.295. The summed E-state index contributed by atoms with van der Waals surface area (Å²) >= 11 is 0. The third-order valence-electron chi connectivity index (χ3n) is 3.82. The lowest BCUT2D eigenvalue weighted by Gasteiger charge is -2.10. The first-order valence-corrected chi connectivity index (χ1v) is 8.77. The van der Waals surface area contributed by atoms with Gasteiger partial charge in [-0.05, 0) is 63.2 Å². The first-order chi connectivity index (χ1) is 13.0. The molecule has 1 amide bonds. The third kappa shape index (κ3) is 5.04. The van der Waals surface area contributed by atoms with Gasteiger partial charge in [0.2, 0.25) is 5.95 Å². The molecule has 0 saturated heterocycles. The third-order valence-corrected chi connectivity index (χ3v) is 3.82. The number of rotatable bonds is 6. The van der Waals surface area contributed by atoms with E-state index >= 15 is 0 Å². The summed E-state index contributed by atoms with van der Waals surface area (Å²) in [5.74, 6) is 0.852. The molecular weight excluding hydrogens is 340 g/mol. The minimum Gasteiger partial charge on any atom is -0.494 e. The molecule has 1 heterocycles. The molecule has 1 aromatic heterocycles. The molecule has 6 nitrogen and oxygen atoms in total. The second kappa shape index (κ2) is 8.31. The van der Waals surface area contributed by atoms with E-state index in [1.165, 1.54) is 5.56 Å². The van der Waals surface area contributed by atoms with Crippen molar-refractivity contribution in [1.82, 2.24) is 9.97 Å². The molecule has 0 aliphatic rings. The molecule has 3 aromatic rings. The average Bonchev–Trinajstić information content (AvgIpc) is 2.65. The van der Waals surface area contributed by atoms with E-state index in [-0.39, 0.29) is 5.91 Å². The fraction of sp³-hybridized carbons (Fsp3) is 0.190. The van der Waals surface area contributed by atoms with Crippen LogP contribution in [0.4, 0.5) is 17.3 Å². The van der Waals surface area contributed by atoms with E-state index in [4.69, 9.17) is 4.74 Å². The molecule has 3 rings (SSSR count). The van der Waals surface area contributed by atoms with Crippen molar-refractivity contribution in [2.45, 2.75) is 20.8 Å². The van der Waals surface area contributed by atoms with Gasteiger partial charge in [-0.3, -0.25) is 4.79 Å². The average molecular weight is 362 g/mol. The topological polar surface area (TPSA) is 76.1 Å². The number of nitrogens with one attached hydrogen (secondary N) is 2. The summed E-state index contributed by atoms with van der Waals surface area (Å²) in [7, 11) is 0. The van der Waals surface area contributed by atoms with Crippen molar-refractivity contribution in [1.29, 1.82) is 0 Å². The molecular formula is C21H22N4O2. The maximum atomic E-state index is 12.6. The lowest BCUT2D eigenvalue weighted by Crippen LogP contribution is -2.15. The number of carbonyl (C=O) groups is 1. The Hall–Kier alpha value is -3.41. The van der Waals surface area contributed by atoms with Crippen LogP contribution in [0.5, 0.6) is 5.75 Å². The van der Waals surface area contributed by atoms with E-state index in [0.717, 1.165) is 11.4 Å². The molecule has 0 fully saturated rings. The zero-order valence-corrected chi connectivity index (χ0v) is 15.6.